The summed E-state index contributed by atoms with van der Waals surface area (Å²) in [6.07, 6.45) is 0.257. The second-order valence-corrected chi connectivity index (χ2v) is 5.65. The van der Waals surface area contributed by atoms with Crippen LogP contribution in [0.3, 0.4) is 0 Å². The topological polar surface area (TPSA) is 62.6 Å². The van der Waals surface area contributed by atoms with Gasteiger partial charge < -0.3 is 14.4 Å². The molecule has 5 heteroatoms. The molecular weight excluding hydrogens is 220 g/mol. The number of hydrogen-bond donors (Lipinski definition) is 0. The van der Waals surface area contributed by atoms with Gasteiger partial charge in [0.25, 0.3) is 0 Å². The maximum atomic E-state index is 11.9. The van der Waals surface area contributed by atoms with Gasteiger partial charge in [0.1, 0.15) is 5.60 Å². The van der Waals surface area contributed by atoms with E-state index in [4.69, 9.17) is 14.7 Å². The molecule has 17 heavy (non-hydrogen) atoms. The van der Waals surface area contributed by atoms with E-state index in [0.717, 1.165) is 6.42 Å². The SMILES string of the molecule is CC(C)(C)OC(=O)N1C[C@@H]2C[C@@H](C#N)[C@H](C1)O2. The lowest BCUT2D eigenvalue weighted by molar-refractivity contribution is -0.0525. The Morgan fingerprint density at radius 2 is 2.18 bits per heavy atom. The van der Waals surface area contributed by atoms with Gasteiger partial charge in [-0.15, -0.1) is 0 Å². The Morgan fingerprint density at radius 1 is 1.47 bits per heavy atom. The summed E-state index contributed by atoms with van der Waals surface area (Å²) in [6, 6.07) is 2.24. The molecule has 2 saturated heterocycles. The zero-order valence-corrected chi connectivity index (χ0v) is 10.5. The summed E-state index contributed by atoms with van der Waals surface area (Å²) in [7, 11) is 0. The van der Waals surface area contributed by atoms with Crippen molar-refractivity contribution in [2.24, 2.45) is 5.92 Å². The normalized spacial score (nSPS) is 32.1. The van der Waals surface area contributed by atoms with Crippen LogP contribution in [0.4, 0.5) is 4.79 Å². The van der Waals surface area contributed by atoms with Crippen LogP contribution in [0, 0.1) is 17.2 Å². The summed E-state index contributed by atoms with van der Waals surface area (Å²) in [4.78, 5) is 13.5. The Morgan fingerprint density at radius 3 is 2.76 bits per heavy atom. The first kappa shape index (κ1) is 12.2. The highest BCUT2D eigenvalue weighted by atomic mass is 16.6. The molecule has 0 aliphatic carbocycles. The fraction of sp³-hybridized carbons (Fsp3) is 0.833. The quantitative estimate of drug-likeness (QED) is 0.642. The van der Waals surface area contributed by atoms with Crippen LogP contribution in [0.2, 0.25) is 0 Å². The highest BCUT2D eigenvalue weighted by Gasteiger charge is 2.43. The minimum Gasteiger partial charge on any atom is -0.444 e. The molecule has 0 unspecified atom stereocenters. The van der Waals surface area contributed by atoms with E-state index in [-0.39, 0.29) is 24.2 Å². The molecule has 0 aromatic heterocycles. The van der Waals surface area contributed by atoms with Crippen LogP contribution in [0.15, 0.2) is 0 Å². The molecular formula is C12H18N2O3. The molecule has 2 aliphatic rings. The molecule has 0 aromatic rings. The van der Waals surface area contributed by atoms with Crippen LogP contribution in [0.5, 0.6) is 0 Å². The average Bonchev–Trinajstić information content (AvgIpc) is 2.50. The van der Waals surface area contributed by atoms with Gasteiger partial charge in [-0.3, -0.25) is 0 Å². The maximum absolute atomic E-state index is 11.9. The largest absolute Gasteiger partial charge is 0.444 e. The van der Waals surface area contributed by atoms with Crippen molar-refractivity contribution in [3.05, 3.63) is 0 Å². The first-order valence-corrected chi connectivity index (χ1v) is 5.92. The highest BCUT2D eigenvalue weighted by Crippen LogP contribution is 2.31. The zero-order chi connectivity index (χ0) is 12.6. The number of nitrogens with zero attached hydrogens (tertiary/aromatic N) is 2. The van der Waals surface area contributed by atoms with E-state index in [1.54, 1.807) is 4.90 Å². The van der Waals surface area contributed by atoms with Crippen LogP contribution in [0.1, 0.15) is 27.2 Å². The molecule has 5 nitrogen and oxygen atoms in total. The van der Waals surface area contributed by atoms with Gasteiger partial charge in [0.05, 0.1) is 37.3 Å². The number of carbonyl (C=O) groups is 1. The summed E-state index contributed by atoms with van der Waals surface area (Å²) in [5.41, 5.74) is -0.483. The van der Waals surface area contributed by atoms with E-state index in [9.17, 15) is 4.79 Å². The fourth-order valence-electron chi connectivity index (χ4n) is 2.27. The monoisotopic (exact) mass is 238 g/mol. The van der Waals surface area contributed by atoms with E-state index >= 15 is 0 Å². The molecule has 3 atom stereocenters. The predicted octanol–water partition coefficient (Wildman–Crippen LogP) is 1.53. The van der Waals surface area contributed by atoms with Crippen LogP contribution in [0.25, 0.3) is 0 Å². The van der Waals surface area contributed by atoms with Crippen molar-refractivity contribution in [1.82, 2.24) is 4.90 Å². The number of hydrogen-bond acceptors (Lipinski definition) is 4. The Bertz CT molecular complexity index is 356. The molecule has 0 spiro atoms. The first-order valence-electron chi connectivity index (χ1n) is 5.92. The Labute approximate surface area is 101 Å². The summed E-state index contributed by atoms with van der Waals surface area (Å²) >= 11 is 0. The van der Waals surface area contributed by atoms with Gasteiger partial charge in [-0.2, -0.15) is 5.26 Å². The van der Waals surface area contributed by atoms with E-state index in [0.29, 0.717) is 13.1 Å². The summed E-state index contributed by atoms with van der Waals surface area (Å²) < 4.78 is 11.0. The minimum atomic E-state index is -0.483. The molecule has 0 saturated carbocycles. The zero-order valence-electron chi connectivity index (χ0n) is 10.5. The van der Waals surface area contributed by atoms with Crippen molar-refractivity contribution >= 4 is 6.09 Å². The molecule has 0 radical (unpaired) electrons. The third-order valence-corrected chi connectivity index (χ3v) is 2.97. The predicted molar refractivity (Wildman–Crippen MR) is 60.2 cm³/mol. The molecule has 2 rings (SSSR count). The Hall–Kier alpha value is -1.28. The minimum absolute atomic E-state index is 0.00841. The van der Waals surface area contributed by atoms with Gasteiger partial charge in [-0.05, 0) is 27.2 Å². The van der Waals surface area contributed by atoms with Crippen molar-refractivity contribution in [1.29, 1.82) is 5.26 Å². The molecule has 0 aromatic carbocycles. The number of carbonyl (C=O) groups excluding carboxylic acids is 1. The van der Waals surface area contributed by atoms with Gasteiger partial charge >= 0.3 is 6.09 Å². The van der Waals surface area contributed by atoms with Crippen molar-refractivity contribution in [3.63, 3.8) is 0 Å². The molecule has 2 aliphatic heterocycles. The van der Waals surface area contributed by atoms with Gasteiger partial charge in [-0.25, -0.2) is 4.79 Å². The lowest BCUT2D eigenvalue weighted by atomic mass is 10.0. The van der Waals surface area contributed by atoms with Crippen molar-refractivity contribution in [3.8, 4) is 6.07 Å². The molecule has 1 amide bonds. The van der Waals surface area contributed by atoms with E-state index in [1.807, 2.05) is 20.8 Å². The lowest BCUT2D eigenvalue weighted by Gasteiger charge is -2.33. The van der Waals surface area contributed by atoms with Crippen molar-refractivity contribution < 1.29 is 14.3 Å². The summed E-state index contributed by atoms with van der Waals surface area (Å²) in [5.74, 6) is -0.0903. The third-order valence-electron chi connectivity index (χ3n) is 2.97. The van der Waals surface area contributed by atoms with Crippen molar-refractivity contribution in [2.45, 2.75) is 45.0 Å². The smallest absolute Gasteiger partial charge is 0.410 e. The first-order chi connectivity index (χ1) is 7.89. The van der Waals surface area contributed by atoms with Gasteiger partial charge in [0.2, 0.25) is 0 Å². The second kappa shape index (κ2) is 4.19. The summed E-state index contributed by atoms with van der Waals surface area (Å²) in [5, 5.41) is 8.96. The number of ether oxygens (including phenoxy) is 2. The van der Waals surface area contributed by atoms with Gasteiger partial charge in [-0.1, -0.05) is 0 Å². The number of morpholine rings is 1. The van der Waals surface area contributed by atoms with Crippen molar-refractivity contribution in [2.75, 3.05) is 13.1 Å². The second-order valence-electron chi connectivity index (χ2n) is 5.65. The third kappa shape index (κ3) is 2.70. The van der Waals surface area contributed by atoms with Crippen LogP contribution < -0.4 is 0 Å². The van der Waals surface area contributed by atoms with Crippen LogP contribution in [-0.2, 0) is 9.47 Å². The van der Waals surface area contributed by atoms with Gasteiger partial charge in [0.15, 0.2) is 0 Å². The molecule has 94 valence electrons. The average molecular weight is 238 g/mol. The fourth-order valence-corrected chi connectivity index (χ4v) is 2.27. The standard InChI is InChI=1S/C12H18N2O3/c1-12(2,3)17-11(15)14-6-9-4-8(5-13)10(7-14)16-9/h8-10H,4,6-7H2,1-3H3/t8-,9-,10-/m0/s1. The lowest BCUT2D eigenvalue weighted by Crippen LogP contribution is -2.48. The van der Waals surface area contributed by atoms with Crippen LogP contribution in [-0.4, -0.2) is 41.9 Å². The number of likely N-dealkylation sites (tertiary alicyclic amines) is 1. The number of amides is 1. The van der Waals surface area contributed by atoms with E-state index in [1.165, 1.54) is 0 Å². The Kier molecular flexibility index (Phi) is 3.00. The Balaban J connectivity index is 1.97. The number of fused-ring (bicyclic) bond motifs is 2. The molecule has 0 N–H and O–H groups in total. The number of nitriles is 1. The number of rotatable bonds is 0. The van der Waals surface area contributed by atoms with E-state index in [2.05, 4.69) is 6.07 Å². The molecule has 2 heterocycles. The highest BCUT2D eigenvalue weighted by molar-refractivity contribution is 5.68. The van der Waals surface area contributed by atoms with Gasteiger partial charge in [0, 0.05) is 0 Å². The molecule has 2 bridgehead atoms. The van der Waals surface area contributed by atoms with Crippen LogP contribution >= 0.6 is 0 Å². The maximum Gasteiger partial charge on any atom is 0.410 e. The molecule has 2 fully saturated rings. The summed E-state index contributed by atoms with van der Waals surface area (Å²) in [6.45, 7) is 6.53. The van der Waals surface area contributed by atoms with E-state index < -0.39 is 5.60 Å².